The summed E-state index contributed by atoms with van der Waals surface area (Å²) in [5, 5.41) is 5.59. The molecule has 3 rings (SSSR count). The topological polar surface area (TPSA) is 77.8 Å². The van der Waals surface area contributed by atoms with Crippen LogP contribution >= 0.6 is 0 Å². The molecule has 0 aliphatic heterocycles. The number of nitrogens with zero attached hydrogens (tertiary/aromatic N) is 3. The largest absolute Gasteiger partial charge is 0.365 e. The van der Waals surface area contributed by atoms with E-state index in [0.717, 1.165) is 10.8 Å². The van der Waals surface area contributed by atoms with E-state index in [2.05, 4.69) is 15.1 Å². The van der Waals surface area contributed by atoms with E-state index in [0.29, 0.717) is 11.6 Å². The van der Waals surface area contributed by atoms with E-state index in [9.17, 15) is 0 Å². The maximum absolute atomic E-state index is 5.42. The Bertz CT molecular complexity index is 642. The number of rotatable bonds is 1. The van der Waals surface area contributed by atoms with Crippen LogP contribution in [0.15, 0.2) is 41.1 Å². The van der Waals surface area contributed by atoms with Gasteiger partial charge in [-0.05, 0) is 16.6 Å². The second-order valence-electron chi connectivity index (χ2n) is 3.34. The molecule has 5 heteroatoms. The average Bonchev–Trinajstić information content (AvgIpc) is 2.75. The molecular formula is C11H8N4O. The van der Waals surface area contributed by atoms with Gasteiger partial charge in [-0.25, -0.2) is 0 Å². The lowest BCUT2D eigenvalue weighted by molar-refractivity contribution is 0.432. The zero-order valence-corrected chi connectivity index (χ0v) is 8.29. The first-order valence-corrected chi connectivity index (χ1v) is 4.78. The average molecular weight is 212 g/mol. The van der Waals surface area contributed by atoms with Gasteiger partial charge in [-0.3, -0.25) is 4.98 Å². The molecule has 0 unspecified atom stereocenters. The van der Waals surface area contributed by atoms with Crippen molar-refractivity contribution in [3.63, 3.8) is 0 Å². The number of benzene rings is 1. The van der Waals surface area contributed by atoms with Gasteiger partial charge in [-0.15, -0.1) is 0 Å². The molecule has 0 saturated carbocycles. The molecule has 0 saturated heterocycles. The van der Waals surface area contributed by atoms with Crippen molar-refractivity contribution in [2.75, 3.05) is 5.73 Å². The summed E-state index contributed by atoms with van der Waals surface area (Å²) in [4.78, 5) is 8.21. The molecule has 0 spiro atoms. The van der Waals surface area contributed by atoms with Crippen molar-refractivity contribution in [1.29, 1.82) is 0 Å². The smallest absolute Gasteiger partial charge is 0.278 e. The molecule has 0 radical (unpaired) electrons. The molecule has 0 bridgehead atoms. The molecule has 5 nitrogen and oxygen atoms in total. The van der Waals surface area contributed by atoms with Gasteiger partial charge in [0.05, 0.1) is 0 Å². The molecule has 2 aromatic heterocycles. The Morgan fingerprint density at radius 2 is 2.00 bits per heavy atom. The van der Waals surface area contributed by atoms with Gasteiger partial charge in [0, 0.05) is 11.6 Å². The summed E-state index contributed by atoms with van der Waals surface area (Å²) in [6.45, 7) is 0. The maximum Gasteiger partial charge on any atom is 0.278 e. The third-order valence-corrected chi connectivity index (χ3v) is 2.32. The minimum Gasteiger partial charge on any atom is -0.365 e. The van der Waals surface area contributed by atoms with Crippen LogP contribution in [0.4, 0.5) is 5.95 Å². The molecule has 0 amide bonds. The molecule has 0 fully saturated rings. The highest BCUT2D eigenvalue weighted by Gasteiger charge is 2.11. The van der Waals surface area contributed by atoms with Gasteiger partial charge in [-0.1, -0.05) is 24.3 Å². The SMILES string of the molecule is Nc1noc(-c2nccc3ccccc23)n1. The van der Waals surface area contributed by atoms with Crippen LogP contribution in [0.3, 0.4) is 0 Å². The van der Waals surface area contributed by atoms with Gasteiger partial charge in [0.25, 0.3) is 11.8 Å². The van der Waals surface area contributed by atoms with Crippen molar-refractivity contribution < 1.29 is 4.52 Å². The Kier molecular flexibility index (Phi) is 1.83. The van der Waals surface area contributed by atoms with E-state index in [-0.39, 0.29) is 5.95 Å². The summed E-state index contributed by atoms with van der Waals surface area (Å²) in [5.41, 5.74) is 6.07. The molecule has 3 aromatic rings. The van der Waals surface area contributed by atoms with Crippen LogP contribution in [0.25, 0.3) is 22.4 Å². The van der Waals surface area contributed by atoms with E-state index in [1.165, 1.54) is 0 Å². The maximum atomic E-state index is 5.42. The second kappa shape index (κ2) is 3.30. The van der Waals surface area contributed by atoms with Crippen LogP contribution in [0.5, 0.6) is 0 Å². The van der Waals surface area contributed by atoms with E-state index in [1.807, 2.05) is 30.3 Å². The summed E-state index contributed by atoms with van der Waals surface area (Å²) < 4.78 is 5.01. The van der Waals surface area contributed by atoms with Crippen LogP contribution in [-0.4, -0.2) is 15.1 Å². The van der Waals surface area contributed by atoms with E-state index < -0.39 is 0 Å². The van der Waals surface area contributed by atoms with Crippen molar-refractivity contribution in [3.8, 4) is 11.6 Å². The Morgan fingerprint density at radius 1 is 1.12 bits per heavy atom. The van der Waals surface area contributed by atoms with Gasteiger partial charge in [0.1, 0.15) is 5.69 Å². The summed E-state index contributed by atoms with van der Waals surface area (Å²) >= 11 is 0. The van der Waals surface area contributed by atoms with E-state index in [4.69, 9.17) is 10.3 Å². The fraction of sp³-hybridized carbons (Fsp3) is 0. The quantitative estimate of drug-likeness (QED) is 0.666. The predicted octanol–water partition coefficient (Wildman–Crippen LogP) is 1.87. The number of nitrogen functional groups attached to an aromatic ring is 1. The van der Waals surface area contributed by atoms with Crippen LogP contribution < -0.4 is 5.73 Å². The molecule has 16 heavy (non-hydrogen) atoms. The third-order valence-electron chi connectivity index (χ3n) is 2.32. The fourth-order valence-corrected chi connectivity index (χ4v) is 1.62. The van der Waals surface area contributed by atoms with Crippen molar-refractivity contribution in [3.05, 3.63) is 36.5 Å². The molecule has 2 N–H and O–H groups in total. The molecule has 0 atom stereocenters. The molecule has 0 aliphatic rings. The highest BCUT2D eigenvalue weighted by molar-refractivity contribution is 5.92. The predicted molar refractivity (Wildman–Crippen MR) is 59.4 cm³/mol. The first kappa shape index (κ1) is 8.84. The van der Waals surface area contributed by atoms with E-state index in [1.54, 1.807) is 6.20 Å². The van der Waals surface area contributed by atoms with Crippen molar-refractivity contribution in [1.82, 2.24) is 15.1 Å². The van der Waals surface area contributed by atoms with Crippen LogP contribution in [0, 0.1) is 0 Å². The van der Waals surface area contributed by atoms with Crippen molar-refractivity contribution in [2.45, 2.75) is 0 Å². The number of aromatic nitrogens is 3. The highest BCUT2D eigenvalue weighted by Crippen LogP contribution is 2.24. The number of anilines is 1. The van der Waals surface area contributed by atoms with Crippen LogP contribution in [0.2, 0.25) is 0 Å². The van der Waals surface area contributed by atoms with Gasteiger partial charge in [-0.2, -0.15) is 4.98 Å². The van der Waals surface area contributed by atoms with Gasteiger partial charge < -0.3 is 10.3 Å². The highest BCUT2D eigenvalue weighted by atomic mass is 16.5. The summed E-state index contributed by atoms with van der Waals surface area (Å²) in [5.74, 6) is 0.457. The molecule has 0 aliphatic carbocycles. The van der Waals surface area contributed by atoms with Crippen LogP contribution in [-0.2, 0) is 0 Å². The second-order valence-corrected chi connectivity index (χ2v) is 3.34. The lowest BCUT2D eigenvalue weighted by atomic mass is 10.1. The minimum atomic E-state index is 0.115. The zero-order chi connectivity index (χ0) is 11.0. The first-order chi connectivity index (χ1) is 7.84. The van der Waals surface area contributed by atoms with Crippen molar-refractivity contribution >= 4 is 16.7 Å². The summed E-state index contributed by atoms with van der Waals surface area (Å²) in [7, 11) is 0. The van der Waals surface area contributed by atoms with Gasteiger partial charge in [0.15, 0.2) is 0 Å². The number of hydrogen-bond donors (Lipinski definition) is 1. The molecule has 78 valence electrons. The Hall–Kier alpha value is -2.43. The number of nitrogens with two attached hydrogens (primary N) is 1. The number of pyridine rings is 1. The standard InChI is InChI=1S/C11H8N4O/c12-11-14-10(16-15-11)9-8-4-2-1-3-7(8)5-6-13-9/h1-6H,(H2,12,15). The zero-order valence-electron chi connectivity index (χ0n) is 8.29. The fourth-order valence-electron chi connectivity index (χ4n) is 1.62. The normalized spacial score (nSPS) is 10.8. The summed E-state index contributed by atoms with van der Waals surface area (Å²) in [6.07, 6.45) is 1.71. The molecular weight excluding hydrogens is 204 g/mol. The van der Waals surface area contributed by atoms with Gasteiger partial charge >= 0.3 is 0 Å². The Balaban J connectivity index is 2.31. The van der Waals surface area contributed by atoms with E-state index >= 15 is 0 Å². The number of fused-ring (bicyclic) bond motifs is 1. The summed E-state index contributed by atoms with van der Waals surface area (Å²) in [6, 6.07) is 9.79. The van der Waals surface area contributed by atoms with Gasteiger partial charge in [0.2, 0.25) is 0 Å². The third kappa shape index (κ3) is 1.30. The van der Waals surface area contributed by atoms with Crippen LogP contribution in [0.1, 0.15) is 0 Å². The lowest BCUT2D eigenvalue weighted by Crippen LogP contribution is -1.88. The lowest BCUT2D eigenvalue weighted by Gasteiger charge is -1.99. The first-order valence-electron chi connectivity index (χ1n) is 4.78. The molecule has 1 aromatic carbocycles. The minimum absolute atomic E-state index is 0.115. The Labute approximate surface area is 90.9 Å². The molecule has 2 heterocycles. The monoisotopic (exact) mass is 212 g/mol. The van der Waals surface area contributed by atoms with Crippen molar-refractivity contribution in [2.24, 2.45) is 0 Å². The number of hydrogen-bond acceptors (Lipinski definition) is 5. The Morgan fingerprint density at radius 3 is 2.81 bits per heavy atom.